The first-order valence-corrected chi connectivity index (χ1v) is 13.3. The van der Waals surface area contributed by atoms with Crippen molar-refractivity contribution in [3.05, 3.63) is 93.1 Å². The van der Waals surface area contributed by atoms with Gasteiger partial charge in [0.25, 0.3) is 5.91 Å². The van der Waals surface area contributed by atoms with E-state index in [1.807, 2.05) is 62.4 Å². The van der Waals surface area contributed by atoms with E-state index >= 15 is 0 Å². The van der Waals surface area contributed by atoms with Crippen molar-refractivity contribution in [1.82, 2.24) is 15.1 Å². The smallest absolute Gasteiger partial charge is 0.273 e. The zero-order valence-corrected chi connectivity index (χ0v) is 23.5. The maximum absolute atomic E-state index is 13.9. The molecule has 3 aromatic carbocycles. The number of aryl methyl sites for hydroxylation is 2. The second kappa shape index (κ2) is 10.7. The summed E-state index contributed by atoms with van der Waals surface area (Å²) in [4.78, 5) is 15.6. The number of halogens is 1. The number of ether oxygens (including phenoxy) is 2. The number of rotatable bonds is 8. The van der Waals surface area contributed by atoms with Crippen LogP contribution in [0.4, 0.5) is 0 Å². The molecule has 1 amide bonds. The average Bonchev–Trinajstić information content (AvgIpc) is 3.42. The monoisotopic (exact) mass is 545 g/mol. The van der Waals surface area contributed by atoms with Crippen LogP contribution in [0.5, 0.6) is 17.2 Å². The number of carbonyl (C=O) groups excluding carboxylic acids is 1. The molecule has 1 aliphatic heterocycles. The number of carbonyl (C=O) groups is 1. The summed E-state index contributed by atoms with van der Waals surface area (Å²) in [5, 5.41) is 19.0. The summed E-state index contributed by atoms with van der Waals surface area (Å²) in [7, 11) is 1.60. The molecule has 0 radical (unpaired) electrons. The van der Waals surface area contributed by atoms with Crippen LogP contribution in [0.1, 0.15) is 58.2 Å². The number of aromatic hydroxyl groups is 1. The molecule has 202 valence electrons. The lowest BCUT2D eigenvalue weighted by Crippen LogP contribution is -2.29. The fourth-order valence-electron chi connectivity index (χ4n) is 5.19. The van der Waals surface area contributed by atoms with Crippen LogP contribution < -0.4 is 9.47 Å². The van der Waals surface area contributed by atoms with E-state index in [-0.39, 0.29) is 18.2 Å². The van der Waals surface area contributed by atoms with E-state index < -0.39 is 6.04 Å². The molecule has 0 saturated heterocycles. The Morgan fingerprint density at radius 3 is 2.56 bits per heavy atom. The number of hydrogen-bond donors (Lipinski definition) is 2. The van der Waals surface area contributed by atoms with Crippen molar-refractivity contribution in [2.24, 2.45) is 5.92 Å². The summed E-state index contributed by atoms with van der Waals surface area (Å²) in [6.07, 6.45) is 0. The summed E-state index contributed by atoms with van der Waals surface area (Å²) in [6.45, 7) is 8.87. The van der Waals surface area contributed by atoms with Crippen molar-refractivity contribution in [1.29, 1.82) is 0 Å². The maximum Gasteiger partial charge on any atom is 0.273 e. The Morgan fingerprint density at radius 1 is 1.10 bits per heavy atom. The zero-order valence-electron chi connectivity index (χ0n) is 22.7. The Kier molecular flexibility index (Phi) is 7.28. The van der Waals surface area contributed by atoms with Crippen LogP contribution in [-0.2, 0) is 6.54 Å². The van der Waals surface area contributed by atoms with Crippen LogP contribution in [0, 0.1) is 19.8 Å². The number of fused-ring (bicyclic) bond motifs is 1. The molecule has 2 heterocycles. The fourth-order valence-corrected chi connectivity index (χ4v) is 5.39. The van der Waals surface area contributed by atoms with Crippen LogP contribution in [-0.4, -0.2) is 39.8 Å². The predicted molar refractivity (Wildman–Crippen MR) is 152 cm³/mol. The van der Waals surface area contributed by atoms with Gasteiger partial charge in [-0.1, -0.05) is 55.8 Å². The third kappa shape index (κ3) is 4.94. The Morgan fingerprint density at radius 2 is 1.87 bits per heavy atom. The van der Waals surface area contributed by atoms with Crippen molar-refractivity contribution in [2.45, 2.75) is 40.3 Å². The third-order valence-electron chi connectivity index (χ3n) is 6.93. The lowest BCUT2D eigenvalue weighted by molar-refractivity contribution is 0.0730. The maximum atomic E-state index is 13.9. The van der Waals surface area contributed by atoms with Crippen molar-refractivity contribution in [3.63, 3.8) is 0 Å². The summed E-state index contributed by atoms with van der Waals surface area (Å²) in [6, 6.07) is 16.4. The van der Waals surface area contributed by atoms with Gasteiger partial charge in [-0.25, -0.2) is 0 Å². The number of nitrogens with zero attached hydrogens (tertiary/aromatic N) is 2. The lowest BCUT2D eigenvalue weighted by atomic mass is 9.93. The highest BCUT2D eigenvalue weighted by Crippen LogP contribution is 2.47. The number of benzene rings is 3. The number of H-pyrrole nitrogens is 1. The molecule has 0 saturated carbocycles. The molecule has 0 spiro atoms. The number of nitrogens with one attached hydrogen (secondary N) is 1. The molecule has 4 aromatic rings. The minimum absolute atomic E-state index is 0.118. The highest BCUT2D eigenvalue weighted by Gasteiger charge is 2.43. The van der Waals surface area contributed by atoms with Gasteiger partial charge in [0.2, 0.25) is 0 Å². The first kappa shape index (κ1) is 26.6. The minimum atomic E-state index is -0.509. The van der Waals surface area contributed by atoms with E-state index in [9.17, 15) is 9.90 Å². The van der Waals surface area contributed by atoms with Crippen LogP contribution in [0.3, 0.4) is 0 Å². The van der Waals surface area contributed by atoms with E-state index in [4.69, 9.17) is 21.1 Å². The molecule has 8 heteroatoms. The predicted octanol–water partition coefficient (Wildman–Crippen LogP) is 6.84. The molecule has 1 aliphatic rings. The van der Waals surface area contributed by atoms with Gasteiger partial charge in [0.15, 0.2) is 11.5 Å². The summed E-state index contributed by atoms with van der Waals surface area (Å²) in [5.41, 5.74) is 5.69. The summed E-state index contributed by atoms with van der Waals surface area (Å²) < 4.78 is 11.7. The quantitative estimate of drug-likeness (QED) is 0.253. The molecule has 2 N–H and O–H groups in total. The molecule has 0 bridgehead atoms. The van der Waals surface area contributed by atoms with Crippen LogP contribution in [0.2, 0.25) is 5.02 Å². The van der Waals surface area contributed by atoms with Crippen LogP contribution in [0.25, 0.3) is 11.3 Å². The van der Waals surface area contributed by atoms with Gasteiger partial charge in [-0.2, -0.15) is 5.10 Å². The zero-order chi connectivity index (χ0) is 27.8. The second-order valence-corrected chi connectivity index (χ2v) is 10.8. The molecule has 0 fully saturated rings. The summed E-state index contributed by atoms with van der Waals surface area (Å²) in [5.74, 6) is 1.49. The molecule has 39 heavy (non-hydrogen) atoms. The standard InChI is InChI=1S/C31H32ClN3O4/c1-17(2)16-39-24-11-10-20(14-25(24)38-5)30-27-28(26-19(4)12-18(3)13-23(26)36)33-34-29(27)31(37)35(30)15-21-8-6-7-9-22(21)32/h6-14,17,30,36H,15-16H2,1-5H3,(H,33,34). The van der Waals surface area contributed by atoms with Crippen LogP contribution >= 0.6 is 11.6 Å². The number of amides is 1. The van der Waals surface area contributed by atoms with Crippen molar-refractivity contribution < 1.29 is 19.4 Å². The molecule has 1 atom stereocenters. The van der Waals surface area contributed by atoms with Gasteiger partial charge in [-0.3, -0.25) is 9.89 Å². The highest BCUT2D eigenvalue weighted by atomic mass is 35.5. The molecule has 5 rings (SSSR count). The second-order valence-electron chi connectivity index (χ2n) is 10.4. The Hall–Kier alpha value is -3.97. The molecule has 0 aliphatic carbocycles. The highest BCUT2D eigenvalue weighted by molar-refractivity contribution is 6.31. The minimum Gasteiger partial charge on any atom is -0.507 e. The first-order chi connectivity index (χ1) is 18.7. The van der Waals surface area contributed by atoms with Gasteiger partial charge >= 0.3 is 0 Å². The number of aromatic amines is 1. The van der Waals surface area contributed by atoms with Crippen LogP contribution in [0.15, 0.2) is 54.6 Å². The summed E-state index contributed by atoms with van der Waals surface area (Å²) >= 11 is 6.51. The third-order valence-corrected chi connectivity index (χ3v) is 7.30. The van der Waals surface area contributed by atoms with Crippen molar-refractivity contribution in [2.75, 3.05) is 13.7 Å². The number of phenols is 1. The van der Waals surface area contributed by atoms with Gasteiger partial charge < -0.3 is 19.5 Å². The molecular formula is C31H32ClN3O4. The first-order valence-electron chi connectivity index (χ1n) is 12.9. The van der Waals surface area contributed by atoms with Crippen molar-refractivity contribution in [3.8, 4) is 28.5 Å². The van der Waals surface area contributed by atoms with E-state index in [2.05, 4.69) is 24.0 Å². The normalized spacial score (nSPS) is 14.7. The Labute approximate surface area is 233 Å². The van der Waals surface area contributed by atoms with Gasteiger partial charge in [0.1, 0.15) is 17.1 Å². The number of phenolic OH excluding ortho intramolecular Hbond substituents is 1. The largest absolute Gasteiger partial charge is 0.507 e. The Balaban J connectivity index is 1.67. The lowest BCUT2D eigenvalue weighted by Gasteiger charge is -2.27. The van der Waals surface area contributed by atoms with Crippen molar-refractivity contribution >= 4 is 17.5 Å². The van der Waals surface area contributed by atoms with E-state index in [1.54, 1.807) is 18.1 Å². The topological polar surface area (TPSA) is 87.7 Å². The van der Waals surface area contributed by atoms with Gasteiger partial charge in [-0.15, -0.1) is 0 Å². The van der Waals surface area contributed by atoms with Gasteiger partial charge in [-0.05, 0) is 66.3 Å². The van der Waals surface area contributed by atoms with Gasteiger partial charge in [0, 0.05) is 22.7 Å². The molecule has 1 aromatic heterocycles. The molecule has 1 unspecified atom stereocenters. The van der Waals surface area contributed by atoms with Gasteiger partial charge in [0.05, 0.1) is 19.8 Å². The number of hydrogen-bond acceptors (Lipinski definition) is 5. The molecular weight excluding hydrogens is 514 g/mol. The van der Waals surface area contributed by atoms with E-state index in [0.29, 0.717) is 51.6 Å². The number of aromatic nitrogens is 2. The average molecular weight is 546 g/mol. The Bertz CT molecular complexity index is 1520. The van der Waals surface area contributed by atoms with E-state index in [1.165, 1.54) is 0 Å². The molecule has 7 nitrogen and oxygen atoms in total. The van der Waals surface area contributed by atoms with E-state index in [0.717, 1.165) is 22.3 Å². The number of methoxy groups -OCH3 is 1. The SMILES string of the molecule is COc1cc(C2c3c(-c4c(C)cc(C)cc4O)n[nH]c3C(=O)N2Cc2ccccc2Cl)ccc1OCC(C)C. The fraction of sp³-hybridized carbons (Fsp3) is 0.290.